The van der Waals surface area contributed by atoms with Gasteiger partial charge in [-0.25, -0.2) is 0 Å². The largest absolute Gasteiger partial charge is 0.461 e. The summed E-state index contributed by atoms with van der Waals surface area (Å²) in [7, 11) is -0.0382. The first-order valence-corrected chi connectivity index (χ1v) is 5.82. The zero-order valence-corrected chi connectivity index (χ0v) is 10.1. The lowest BCUT2D eigenvalue weighted by Gasteiger charge is -2.32. The monoisotopic (exact) mass is 216 g/mol. The summed E-state index contributed by atoms with van der Waals surface area (Å²) in [5, 5.41) is 0. The summed E-state index contributed by atoms with van der Waals surface area (Å²) < 4.78 is 11.9. The summed E-state index contributed by atoms with van der Waals surface area (Å²) in [5.41, 5.74) is -0.395. The van der Waals surface area contributed by atoms with Gasteiger partial charge in [0.05, 0.1) is 11.2 Å². The summed E-state index contributed by atoms with van der Waals surface area (Å²) in [6.45, 7) is 8.35. The SMILES string of the molecule is CC1(C)OB([C@@H]2C[C@H]2CCl)OC1(C)C. The zero-order valence-electron chi connectivity index (χ0n) is 9.34. The van der Waals surface area contributed by atoms with E-state index in [-0.39, 0.29) is 18.3 Å². The van der Waals surface area contributed by atoms with E-state index >= 15 is 0 Å². The molecule has 0 unspecified atom stereocenters. The average Bonchev–Trinajstić information content (AvgIpc) is 2.75. The van der Waals surface area contributed by atoms with Crippen LogP contribution in [0.2, 0.25) is 5.82 Å². The van der Waals surface area contributed by atoms with E-state index in [4.69, 9.17) is 20.9 Å². The third-order valence-electron chi connectivity index (χ3n) is 3.80. The smallest absolute Gasteiger partial charge is 0.403 e. The summed E-state index contributed by atoms with van der Waals surface area (Å²) >= 11 is 5.80. The Balaban J connectivity index is 2.01. The first kappa shape index (κ1) is 10.8. The van der Waals surface area contributed by atoms with Crippen molar-refractivity contribution in [1.82, 2.24) is 0 Å². The molecule has 1 aliphatic carbocycles. The van der Waals surface area contributed by atoms with Gasteiger partial charge in [-0.1, -0.05) is 0 Å². The maximum absolute atomic E-state index is 5.94. The maximum Gasteiger partial charge on any atom is 0.461 e. The lowest BCUT2D eigenvalue weighted by molar-refractivity contribution is 0.00578. The summed E-state index contributed by atoms with van der Waals surface area (Å²) in [5.74, 6) is 1.86. The maximum atomic E-state index is 5.94. The minimum Gasteiger partial charge on any atom is -0.403 e. The Morgan fingerprint density at radius 2 is 1.71 bits per heavy atom. The molecule has 2 aliphatic rings. The second-order valence-electron chi connectivity index (χ2n) is 5.44. The zero-order chi connectivity index (χ0) is 10.6. The highest BCUT2D eigenvalue weighted by molar-refractivity contribution is 6.49. The molecule has 2 fully saturated rings. The standard InChI is InChI=1S/C10H18BClO2/c1-9(2)10(3,4)14-11(13-9)8-5-7(8)6-12/h7-8H,5-6H2,1-4H3/t7-,8+/m0/s1. The van der Waals surface area contributed by atoms with Crippen LogP contribution in [0.15, 0.2) is 0 Å². The van der Waals surface area contributed by atoms with Gasteiger partial charge in [0, 0.05) is 5.88 Å². The van der Waals surface area contributed by atoms with Crippen LogP contribution < -0.4 is 0 Å². The van der Waals surface area contributed by atoms with Gasteiger partial charge in [0.1, 0.15) is 0 Å². The molecule has 0 bridgehead atoms. The Kier molecular flexibility index (Phi) is 2.41. The lowest BCUT2D eigenvalue weighted by atomic mass is 9.81. The molecule has 1 aliphatic heterocycles. The molecule has 0 aromatic rings. The van der Waals surface area contributed by atoms with E-state index in [1.165, 1.54) is 0 Å². The van der Waals surface area contributed by atoms with Crippen LogP contribution in [0.25, 0.3) is 0 Å². The van der Waals surface area contributed by atoms with Crippen LogP contribution in [0.4, 0.5) is 0 Å². The molecule has 1 saturated heterocycles. The number of hydrogen-bond donors (Lipinski definition) is 0. The molecular weight excluding hydrogens is 198 g/mol. The quantitative estimate of drug-likeness (QED) is 0.522. The first-order valence-electron chi connectivity index (χ1n) is 5.29. The lowest BCUT2D eigenvalue weighted by Crippen LogP contribution is -2.41. The van der Waals surface area contributed by atoms with Gasteiger partial charge in [-0.05, 0) is 45.9 Å². The summed E-state index contributed by atoms with van der Waals surface area (Å²) in [6, 6.07) is 0. The fraction of sp³-hybridized carbons (Fsp3) is 1.00. The molecule has 2 nitrogen and oxygen atoms in total. The topological polar surface area (TPSA) is 18.5 Å². The second-order valence-corrected chi connectivity index (χ2v) is 5.75. The van der Waals surface area contributed by atoms with Crippen LogP contribution in [-0.2, 0) is 9.31 Å². The minimum absolute atomic E-state index is 0.0382. The van der Waals surface area contributed by atoms with Gasteiger partial charge in [-0.15, -0.1) is 11.6 Å². The molecule has 2 rings (SSSR count). The van der Waals surface area contributed by atoms with E-state index in [2.05, 4.69) is 27.7 Å². The molecule has 80 valence electrons. The van der Waals surface area contributed by atoms with Crippen molar-refractivity contribution in [3.63, 3.8) is 0 Å². The van der Waals surface area contributed by atoms with Crippen LogP contribution in [0.1, 0.15) is 34.1 Å². The summed E-state index contributed by atoms with van der Waals surface area (Å²) in [6.07, 6.45) is 1.15. The Morgan fingerprint density at radius 1 is 1.21 bits per heavy atom. The molecule has 0 aromatic heterocycles. The third-order valence-corrected chi connectivity index (χ3v) is 4.19. The van der Waals surface area contributed by atoms with Crippen molar-refractivity contribution in [3.05, 3.63) is 0 Å². The van der Waals surface area contributed by atoms with Gasteiger partial charge in [0.15, 0.2) is 0 Å². The summed E-state index contributed by atoms with van der Waals surface area (Å²) in [4.78, 5) is 0. The van der Waals surface area contributed by atoms with Crippen LogP contribution in [0.3, 0.4) is 0 Å². The van der Waals surface area contributed by atoms with Crippen LogP contribution >= 0.6 is 11.6 Å². The number of halogens is 1. The highest BCUT2D eigenvalue weighted by Crippen LogP contribution is 2.53. The third kappa shape index (κ3) is 1.60. The van der Waals surface area contributed by atoms with Crippen LogP contribution in [0, 0.1) is 5.92 Å². The molecular formula is C10H18BClO2. The van der Waals surface area contributed by atoms with Crippen LogP contribution in [0.5, 0.6) is 0 Å². The molecule has 1 heterocycles. The first-order chi connectivity index (χ1) is 6.37. The van der Waals surface area contributed by atoms with Crippen molar-refractivity contribution < 1.29 is 9.31 Å². The van der Waals surface area contributed by atoms with E-state index in [0.717, 1.165) is 12.3 Å². The van der Waals surface area contributed by atoms with E-state index in [0.29, 0.717) is 11.7 Å². The van der Waals surface area contributed by atoms with E-state index in [1.807, 2.05) is 0 Å². The number of alkyl halides is 1. The molecule has 0 spiro atoms. The van der Waals surface area contributed by atoms with Crippen LogP contribution in [-0.4, -0.2) is 24.2 Å². The van der Waals surface area contributed by atoms with E-state index < -0.39 is 0 Å². The average molecular weight is 217 g/mol. The fourth-order valence-corrected chi connectivity index (χ4v) is 2.20. The molecule has 1 saturated carbocycles. The Labute approximate surface area is 91.4 Å². The van der Waals surface area contributed by atoms with Crippen molar-refractivity contribution in [1.29, 1.82) is 0 Å². The van der Waals surface area contributed by atoms with Crippen molar-refractivity contribution in [3.8, 4) is 0 Å². The van der Waals surface area contributed by atoms with E-state index in [1.54, 1.807) is 0 Å². The molecule has 14 heavy (non-hydrogen) atoms. The molecule has 0 N–H and O–H groups in total. The highest BCUT2D eigenvalue weighted by atomic mass is 35.5. The fourth-order valence-electron chi connectivity index (χ4n) is 1.85. The van der Waals surface area contributed by atoms with Crippen molar-refractivity contribution in [2.24, 2.45) is 5.92 Å². The number of rotatable bonds is 2. The second kappa shape index (κ2) is 3.13. The van der Waals surface area contributed by atoms with Gasteiger partial charge in [-0.2, -0.15) is 0 Å². The highest BCUT2D eigenvalue weighted by Gasteiger charge is 2.59. The van der Waals surface area contributed by atoms with Gasteiger partial charge in [0.2, 0.25) is 0 Å². The molecule has 0 radical (unpaired) electrons. The molecule has 0 aromatic carbocycles. The Hall–Kier alpha value is 0.275. The molecule has 2 atom stereocenters. The normalized spacial score (nSPS) is 38.8. The Morgan fingerprint density at radius 3 is 2.07 bits per heavy atom. The van der Waals surface area contributed by atoms with Crippen molar-refractivity contribution in [2.45, 2.75) is 51.1 Å². The van der Waals surface area contributed by atoms with Crippen molar-refractivity contribution in [2.75, 3.05) is 5.88 Å². The van der Waals surface area contributed by atoms with Gasteiger partial charge < -0.3 is 9.31 Å². The van der Waals surface area contributed by atoms with Crippen molar-refractivity contribution >= 4 is 18.7 Å². The predicted octanol–water partition coefficient (Wildman–Crippen LogP) is 2.71. The molecule has 4 heteroatoms. The molecule has 0 amide bonds. The van der Waals surface area contributed by atoms with Gasteiger partial charge in [-0.3, -0.25) is 0 Å². The Bertz CT molecular complexity index is 226. The van der Waals surface area contributed by atoms with Gasteiger partial charge in [0.25, 0.3) is 0 Å². The minimum atomic E-state index is -0.197. The predicted molar refractivity (Wildman–Crippen MR) is 58.7 cm³/mol. The van der Waals surface area contributed by atoms with E-state index in [9.17, 15) is 0 Å². The number of hydrogen-bond acceptors (Lipinski definition) is 2. The van der Waals surface area contributed by atoms with Gasteiger partial charge >= 0.3 is 7.12 Å².